The Balaban J connectivity index is 1.83. The number of aliphatic hydroxyl groups is 2. The minimum absolute atomic E-state index is 0.598. The smallest absolute Gasteiger partial charge is 0.387 e. The fourth-order valence-electron chi connectivity index (χ4n) is 2.04. The molecule has 1 saturated heterocycles. The van der Waals surface area contributed by atoms with Gasteiger partial charge in [-0.15, -0.1) is 18.7 Å². The number of aromatic amines is 1. The van der Waals surface area contributed by atoms with Crippen LogP contribution in [0.15, 0.2) is 21.9 Å². The predicted octanol–water partition coefficient (Wildman–Crippen LogP) is -2.23. The number of nitrogens with zero attached hydrogens (tertiary/aromatic N) is 1. The zero-order valence-electron chi connectivity index (χ0n) is 13.8. The fourth-order valence-corrected chi connectivity index (χ4v) is 3.51. The van der Waals surface area contributed by atoms with Crippen molar-refractivity contribution in [3.63, 3.8) is 0 Å². The SMILES string of the molecule is O=c1ccn(C2OC(COP(O)OO[PH](=O)OOP(=O)(O)O)C(O)C2O)c(=O)[nH]1. The molecule has 1 aliphatic heterocycles. The second-order valence-electron chi connectivity index (χ2n) is 5.15. The highest BCUT2D eigenvalue weighted by molar-refractivity contribution is 7.46. The van der Waals surface area contributed by atoms with Gasteiger partial charge in [0.2, 0.25) is 0 Å². The van der Waals surface area contributed by atoms with Gasteiger partial charge < -0.3 is 34.2 Å². The number of aliphatic hydroxyl groups excluding tert-OH is 2. The van der Waals surface area contributed by atoms with E-state index in [2.05, 4.69) is 18.7 Å². The second-order valence-corrected chi connectivity index (χ2v) is 8.00. The second kappa shape index (κ2) is 10.4. The molecule has 0 aromatic carbocycles. The largest absolute Gasteiger partial charge is 0.497 e. The van der Waals surface area contributed by atoms with Gasteiger partial charge in [0.1, 0.15) is 18.3 Å². The number of ether oxygens (including phenoxy) is 1. The van der Waals surface area contributed by atoms with Gasteiger partial charge in [0.15, 0.2) is 6.23 Å². The molecule has 0 bridgehead atoms. The normalized spacial score (nSPS) is 27.1. The Morgan fingerprint density at radius 1 is 1.28 bits per heavy atom. The van der Waals surface area contributed by atoms with Crippen LogP contribution in [0.25, 0.3) is 0 Å². The van der Waals surface area contributed by atoms with Crippen LogP contribution >= 0.6 is 24.7 Å². The average molecular weight is 484 g/mol. The van der Waals surface area contributed by atoms with E-state index < -0.39 is 67.1 Å². The molecule has 0 radical (unpaired) electrons. The maximum Gasteiger partial charge on any atom is 0.497 e. The molecule has 29 heavy (non-hydrogen) atoms. The number of hydrogen-bond donors (Lipinski definition) is 6. The van der Waals surface area contributed by atoms with Crippen molar-refractivity contribution in [3.05, 3.63) is 33.1 Å². The summed E-state index contributed by atoms with van der Waals surface area (Å²) in [6.07, 6.45) is -4.76. The molecule has 6 N–H and O–H groups in total. The molecule has 1 fully saturated rings. The van der Waals surface area contributed by atoms with Gasteiger partial charge in [-0.05, 0) is 0 Å². The van der Waals surface area contributed by atoms with E-state index in [-0.39, 0.29) is 0 Å². The van der Waals surface area contributed by atoms with Crippen LogP contribution in [-0.4, -0.2) is 59.4 Å². The topological polar surface area (TPSA) is 246 Å². The number of aromatic nitrogens is 2. The number of rotatable bonds is 10. The molecule has 1 aromatic heterocycles. The molecule has 6 unspecified atom stereocenters. The summed E-state index contributed by atoms with van der Waals surface area (Å²) in [5.74, 6) is 0. The first-order valence-corrected chi connectivity index (χ1v) is 11.1. The van der Waals surface area contributed by atoms with Crippen LogP contribution in [0.4, 0.5) is 0 Å². The summed E-state index contributed by atoms with van der Waals surface area (Å²) in [5, 5.41) is 20.0. The van der Waals surface area contributed by atoms with Crippen LogP contribution in [0.3, 0.4) is 0 Å². The molecule has 0 spiro atoms. The fraction of sp³-hybridized carbons (Fsp3) is 0.556. The molecule has 2 heterocycles. The van der Waals surface area contributed by atoms with Gasteiger partial charge in [-0.2, -0.15) is 0 Å². The predicted molar refractivity (Wildman–Crippen MR) is 87.7 cm³/mol. The maximum atomic E-state index is 11.7. The average Bonchev–Trinajstić information content (AvgIpc) is 2.91. The Hall–Kier alpha value is -0.870. The molecular weight excluding hydrogens is 469 g/mol. The van der Waals surface area contributed by atoms with Crippen molar-refractivity contribution in [1.82, 2.24) is 9.55 Å². The minimum Gasteiger partial charge on any atom is -0.387 e. The Kier molecular flexibility index (Phi) is 8.78. The minimum atomic E-state index is -5.08. The van der Waals surface area contributed by atoms with Crippen molar-refractivity contribution in [2.45, 2.75) is 24.5 Å². The molecule has 0 saturated carbocycles. The van der Waals surface area contributed by atoms with Crippen LogP contribution in [-0.2, 0) is 37.1 Å². The first-order chi connectivity index (χ1) is 13.5. The zero-order chi connectivity index (χ0) is 21.8. The van der Waals surface area contributed by atoms with Crippen molar-refractivity contribution in [2.75, 3.05) is 6.61 Å². The number of nitrogens with one attached hydrogen (secondary N) is 1. The number of H-pyrrole nitrogens is 1. The third-order valence-electron chi connectivity index (χ3n) is 3.18. The quantitative estimate of drug-likeness (QED) is 0.117. The van der Waals surface area contributed by atoms with Gasteiger partial charge in [0.05, 0.1) is 6.61 Å². The standard InChI is InChI=1S/C9H15N2O15P3/c12-5-1-2-11(9(15)10-5)8-7(14)6(13)4(22-8)3-21-27(16)23-24-28(17)25-26-29(18,19)20/h1-2,4,6-8,13-14,16,28H,3H2,(H,10,12,15)(H2,18,19,20). The van der Waals surface area contributed by atoms with Crippen LogP contribution < -0.4 is 11.2 Å². The summed E-state index contributed by atoms with van der Waals surface area (Å²) in [7, 11) is -11.7. The lowest BCUT2D eigenvalue weighted by atomic mass is 10.1. The zero-order valence-corrected chi connectivity index (χ0v) is 16.6. The van der Waals surface area contributed by atoms with Crippen LogP contribution in [0, 0.1) is 0 Å². The maximum absolute atomic E-state index is 11.7. The third kappa shape index (κ3) is 7.40. The number of hydrogen-bond acceptors (Lipinski definition) is 13. The lowest BCUT2D eigenvalue weighted by Crippen LogP contribution is -2.37. The molecule has 1 aliphatic rings. The van der Waals surface area contributed by atoms with Gasteiger partial charge in [0, 0.05) is 12.3 Å². The van der Waals surface area contributed by atoms with Crippen molar-refractivity contribution in [3.8, 4) is 0 Å². The Bertz CT molecular complexity index is 867. The van der Waals surface area contributed by atoms with Gasteiger partial charge in [0.25, 0.3) is 5.56 Å². The van der Waals surface area contributed by atoms with E-state index in [0.29, 0.717) is 0 Å². The highest BCUT2D eigenvalue weighted by Gasteiger charge is 2.44. The highest BCUT2D eigenvalue weighted by Crippen LogP contribution is 2.44. The van der Waals surface area contributed by atoms with Crippen LogP contribution in [0.2, 0.25) is 0 Å². The molecule has 17 nitrogen and oxygen atoms in total. The highest BCUT2D eigenvalue weighted by atomic mass is 31.2. The first kappa shape index (κ1) is 24.4. The number of phosphoric acid groups is 1. The molecule has 6 atom stereocenters. The van der Waals surface area contributed by atoms with Crippen molar-refractivity contribution >= 4 is 24.7 Å². The molecular formula is C9H15N2O15P3. The summed E-state index contributed by atoms with van der Waals surface area (Å²) in [6, 6.07) is 0.992. The summed E-state index contributed by atoms with van der Waals surface area (Å²) < 4.78 is 47.3. The van der Waals surface area contributed by atoms with E-state index in [9.17, 15) is 33.8 Å². The molecule has 2 rings (SSSR count). The van der Waals surface area contributed by atoms with E-state index in [0.717, 1.165) is 16.8 Å². The molecule has 0 amide bonds. The van der Waals surface area contributed by atoms with Gasteiger partial charge >= 0.3 is 30.4 Å². The lowest BCUT2D eigenvalue weighted by Gasteiger charge is -2.17. The Morgan fingerprint density at radius 3 is 2.59 bits per heavy atom. The van der Waals surface area contributed by atoms with Crippen molar-refractivity contribution in [2.24, 2.45) is 0 Å². The lowest BCUT2D eigenvalue weighted by molar-refractivity contribution is -0.176. The van der Waals surface area contributed by atoms with E-state index in [4.69, 9.17) is 19.0 Å². The molecule has 0 aliphatic carbocycles. The van der Waals surface area contributed by atoms with Crippen LogP contribution in [0.5, 0.6) is 0 Å². The van der Waals surface area contributed by atoms with Gasteiger partial charge in [-0.1, -0.05) is 0 Å². The van der Waals surface area contributed by atoms with Crippen LogP contribution in [0.1, 0.15) is 6.23 Å². The van der Waals surface area contributed by atoms with E-state index in [1.54, 1.807) is 0 Å². The Morgan fingerprint density at radius 2 is 1.97 bits per heavy atom. The molecule has 1 aromatic rings. The van der Waals surface area contributed by atoms with Gasteiger partial charge in [-0.3, -0.25) is 18.9 Å². The summed E-state index contributed by atoms with van der Waals surface area (Å²) in [6.45, 7) is -0.598. The third-order valence-corrected chi connectivity index (χ3v) is 4.74. The van der Waals surface area contributed by atoms with Gasteiger partial charge in [-0.25, -0.2) is 9.36 Å². The summed E-state index contributed by atoms with van der Waals surface area (Å²) in [4.78, 5) is 50.8. The van der Waals surface area contributed by atoms with E-state index in [1.807, 2.05) is 4.98 Å². The van der Waals surface area contributed by atoms with E-state index >= 15 is 0 Å². The monoisotopic (exact) mass is 484 g/mol. The summed E-state index contributed by atoms with van der Waals surface area (Å²) in [5.41, 5.74) is -1.59. The Labute approximate surface area is 161 Å². The first-order valence-electron chi connectivity index (χ1n) is 7.23. The molecule has 20 heteroatoms. The van der Waals surface area contributed by atoms with Crippen molar-refractivity contribution < 1.29 is 62.0 Å². The van der Waals surface area contributed by atoms with Crippen molar-refractivity contribution in [1.29, 1.82) is 0 Å². The van der Waals surface area contributed by atoms with E-state index in [1.165, 1.54) is 0 Å². The summed E-state index contributed by atoms with van der Waals surface area (Å²) >= 11 is 0. The molecule has 166 valence electrons.